The van der Waals surface area contributed by atoms with Gasteiger partial charge >= 0.3 is 0 Å². The van der Waals surface area contributed by atoms with Gasteiger partial charge in [0.25, 0.3) is 5.91 Å². The smallest absolute Gasteiger partial charge is 0.253 e. The van der Waals surface area contributed by atoms with E-state index in [0.29, 0.717) is 0 Å². The SMILES string of the molecule is O=C(NC1(CBr)CCC1)c1cscc1Br. The lowest BCUT2D eigenvalue weighted by atomic mass is 9.78. The third-order valence-electron chi connectivity index (χ3n) is 2.80. The molecule has 1 aliphatic carbocycles. The number of amides is 1. The topological polar surface area (TPSA) is 29.1 Å². The molecule has 1 N–H and O–H groups in total. The Kier molecular flexibility index (Phi) is 3.52. The van der Waals surface area contributed by atoms with Crippen LogP contribution in [0.2, 0.25) is 0 Å². The number of thiophene rings is 1. The Morgan fingerprint density at radius 1 is 1.53 bits per heavy atom. The van der Waals surface area contributed by atoms with Crippen LogP contribution in [0.5, 0.6) is 0 Å². The van der Waals surface area contributed by atoms with Crippen LogP contribution in [0.1, 0.15) is 29.6 Å². The predicted octanol–water partition coefficient (Wildman–Crippen LogP) is 3.56. The number of halogens is 2. The first-order valence-electron chi connectivity index (χ1n) is 4.77. The summed E-state index contributed by atoms with van der Waals surface area (Å²) in [6.07, 6.45) is 3.36. The number of carbonyl (C=O) groups excluding carboxylic acids is 1. The molecule has 1 fully saturated rings. The minimum absolute atomic E-state index is 0.00153. The van der Waals surface area contributed by atoms with Crippen LogP contribution >= 0.6 is 43.2 Å². The number of hydrogen-bond acceptors (Lipinski definition) is 2. The van der Waals surface area contributed by atoms with E-state index >= 15 is 0 Å². The zero-order chi connectivity index (χ0) is 10.9. The van der Waals surface area contributed by atoms with Crippen molar-refractivity contribution >= 4 is 49.1 Å². The molecule has 0 spiro atoms. The number of carbonyl (C=O) groups is 1. The molecule has 5 heteroatoms. The second kappa shape index (κ2) is 4.55. The Morgan fingerprint density at radius 2 is 2.27 bits per heavy atom. The van der Waals surface area contributed by atoms with Gasteiger partial charge in [0, 0.05) is 20.6 Å². The van der Waals surface area contributed by atoms with E-state index in [1.165, 1.54) is 17.8 Å². The number of hydrogen-bond donors (Lipinski definition) is 1. The quantitative estimate of drug-likeness (QED) is 0.828. The van der Waals surface area contributed by atoms with Gasteiger partial charge in [-0.1, -0.05) is 15.9 Å². The molecule has 0 aliphatic heterocycles. The highest BCUT2D eigenvalue weighted by atomic mass is 79.9. The van der Waals surface area contributed by atoms with Gasteiger partial charge in [-0.3, -0.25) is 4.79 Å². The normalized spacial score (nSPS) is 18.3. The van der Waals surface area contributed by atoms with Crippen LogP contribution in [0.4, 0.5) is 0 Å². The van der Waals surface area contributed by atoms with Crippen LogP contribution < -0.4 is 5.32 Å². The van der Waals surface area contributed by atoms with Crippen LogP contribution in [0.15, 0.2) is 15.2 Å². The lowest BCUT2D eigenvalue weighted by Gasteiger charge is -2.41. The molecule has 1 aromatic rings. The zero-order valence-corrected chi connectivity index (χ0v) is 12.0. The van der Waals surface area contributed by atoms with Crippen LogP contribution in [0, 0.1) is 0 Å². The van der Waals surface area contributed by atoms with Crippen molar-refractivity contribution < 1.29 is 4.79 Å². The highest BCUT2D eigenvalue weighted by Gasteiger charge is 2.37. The third-order valence-corrected chi connectivity index (χ3v) is 5.58. The number of rotatable bonds is 3. The van der Waals surface area contributed by atoms with Crippen molar-refractivity contribution in [3.8, 4) is 0 Å². The van der Waals surface area contributed by atoms with Gasteiger partial charge in [-0.05, 0) is 35.2 Å². The monoisotopic (exact) mass is 351 g/mol. The summed E-state index contributed by atoms with van der Waals surface area (Å²) in [5.74, 6) is 0.0299. The van der Waals surface area contributed by atoms with Crippen LogP contribution in [-0.2, 0) is 0 Å². The van der Waals surface area contributed by atoms with Crippen molar-refractivity contribution in [2.45, 2.75) is 24.8 Å². The van der Waals surface area contributed by atoms with E-state index in [-0.39, 0.29) is 11.4 Å². The molecule has 1 aromatic heterocycles. The van der Waals surface area contributed by atoms with E-state index in [1.54, 1.807) is 0 Å². The molecular formula is C10H11Br2NOS. The first kappa shape index (κ1) is 11.6. The van der Waals surface area contributed by atoms with E-state index in [2.05, 4.69) is 37.2 Å². The van der Waals surface area contributed by atoms with Crippen molar-refractivity contribution in [3.05, 3.63) is 20.8 Å². The van der Waals surface area contributed by atoms with E-state index < -0.39 is 0 Å². The fraction of sp³-hybridized carbons (Fsp3) is 0.500. The van der Waals surface area contributed by atoms with Crippen LogP contribution in [-0.4, -0.2) is 16.8 Å². The number of alkyl halides is 1. The van der Waals surface area contributed by atoms with Gasteiger partial charge in [0.15, 0.2) is 0 Å². The molecule has 82 valence electrons. The maximum atomic E-state index is 11.9. The summed E-state index contributed by atoms with van der Waals surface area (Å²) in [4.78, 5) is 11.9. The highest BCUT2D eigenvalue weighted by Crippen LogP contribution is 2.34. The molecule has 0 aromatic carbocycles. The van der Waals surface area contributed by atoms with Gasteiger partial charge in [-0.25, -0.2) is 0 Å². The van der Waals surface area contributed by atoms with Crippen molar-refractivity contribution in [1.29, 1.82) is 0 Å². The average Bonchev–Trinajstić information content (AvgIpc) is 2.58. The molecule has 1 heterocycles. The Bertz CT molecular complexity index is 368. The molecule has 15 heavy (non-hydrogen) atoms. The van der Waals surface area contributed by atoms with E-state index in [4.69, 9.17) is 0 Å². The summed E-state index contributed by atoms with van der Waals surface area (Å²) in [7, 11) is 0. The summed E-state index contributed by atoms with van der Waals surface area (Å²) in [5, 5.41) is 7.76. The Hall–Kier alpha value is 0.130. The van der Waals surface area contributed by atoms with Gasteiger partial charge in [-0.2, -0.15) is 11.3 Å². The van der Waals surface area contributed by atoms with Gasteiger partial charge in [0.05, 0.1) is 11.1 Å². The first-order valence-corrected chi connectivity index (χ1v) is 7.63. The molecule has 0 radical (unpaired) electrons. The predicted molar refractivity (Wildman–Crippen MR) is 69.9 cm³/mol. The molecule has 0 unspecified atom stereocenters. The maximum Gasteiger partial charge on any atom is 0.253 e. The fourth-order valence-corrected chi connectivity index (χ4v) is 3.80. The summed E-state index contributed by atoms with van der Waals surface area (Å²) in [6, 6.07) is 0. The molecule has 1 saturated carbocycles. The summed E-state index contributed by atoms with van der Waals surface area (Å²) in [6.45, 7) is 0. The number of nitrogens with one attached hydrogen (secondary N) is 1. The van der Waals surface area contributed by atoms with Gasteiger partial charge in [-0.15, -0.1) is 0 Å². The fourth-order valence-electron chi connectivity index (χ4n) is 1.65. The largest absolute Gasteiger partial charge is 0.346 e. The standard InChI is InChI=1S/C10H11Br2NOS/c11-6-10(2-1-3-10)13-9(14)7-4-15-5-8(7)12/h4-5H,1-3,6H2,(H,13,14). The van der Waals surface area contributed by atoms with Crippen LogP contribution in [0.25, 0.3) is 0 Å². The Balaban J connectivity index is 2.07. The third kappa shape index (κ3) is 2.29. The second-order valence-electron chi connectivity index (χ2n) is 3.86. The van der Waals surface area contributed by atoms with E-state index in [1.807, 2.05) is 10.8 Å². The minimum atomic E-state index is -0.00153. The van der Waals surface area contributed by atoms with E-state index in [0.717, 1.165) is 28.2 Å². The van der Waals surface area contributed by atoms with Crippen molar-refractivity contribution in [2.24, 2.45) is 0 Å². The zero-order valence-electron chi connectivity index (χ0n) is 8.06. The summed E-state index contributed by atoms with van der Waals surface area (Å²) < 4.78 is 0.883. The Labute approximate surface area is 110 Å². The Morgan fingerprint density at radius 3 is 2.67 bits per heavy atom. The van der Waals surface area contributed by atoms with E-state index in [9.17, 15) is 4.79 Å². The molecule has 2 rings (SSSR count). The molecule has 0 saturated heterocycles. The second-order valence-corrected chi connectivity index (χ2v) is 6.01. The van der Waals surface area contributed by atoms with Gasteiger partial charge in [0.1, 0.15) is 0 Å². The maximum absolute atomic E-state index is 11.9. The molecular weight excluding hydrogens is 342 g/mol. The molecule has 0 atom stereocenters. The lowest BCUT2D eigenvalue weighted by Crippen LogP contribution is -2.54. The lowest BCUT2D eigenvalue weighted by molar-refractivity contribution is 0.0856. The summed E-state index contributed by atoms with van der Waals surface area (Å²) in [5.41, 5.74) is 0.741. The molecule has 1 amide bonds. The first-order chi connectivity index (χ1) is 7.17. The van der Waals surface area contributed by atoms with Crippen LogP contribution in [0.3, 0.4) is 0 Å². The molecule has 2 nitrogen and oxygen atoms in total. The van der Waals surface area contributed by atoms with Gasteiger partial charge < -0.3 is 5.32 Å². The molecule has 0 bridgehead atoms. The highest BCUT2D eigenvalue weighted by molar-refractivity contribution is 9.10. The average molecular weight is 353 g/mol. The summed E-state index contributed by atoms with van der Waals surface area (Å²) >= 11 is 8.38. The van der Waals surface area contributed by atoms with Gasteiger partial charge in [0.2, 0.25) is 0 Å². The van der Waals surface area contributed by atoms with Crippen molar-refractivity contribution in [1.82, 2.24) is 5.32 Å². The minimum Gasteiger partial charge on any atom is -0.346 e. The van der Waals surface area contributed by atoms with Crippen molar-refractivity contribution in [2.75, 3.05) is 5.33 Å². The molecule has 1 aliphatic rings. The van der Waals surface area contributed by atoms with Crippen molar-refractivity contribution in [3.63, 3.8) is 0 Å².